The van der Waals surface area contributed by atoms with Crippen molar-refractivity contribution in [2.45, 2.75) is 39.8 Å². The van der Waals surface area contributed by atoms with E-state index in [0.717, 1.165) is 29.7 Å². The molecule has 0 fully saturated rings. The Bertz CT molecular complexity index is 461. The topological polar surface area (TPSA) is 42.7 Å². The summed E-state index contributed by atoms with van der Waals surface area (Å²) in [7, 11) is 0. The molecule has 0 bridgehead atoms. The summed E-state index contributed by atoms with van der Waals surface area (Å²) < 4.78 is 2.16. The number of unbranched alkanes of at least 4 members (excludes halogenated alkanes) is 1. The van der Waals surface area contributed by atoms with Crippen LogP contribution in [0.4, 0.5) is 5.95 Å². The Morgan fingerprint density at radius 1 is 1.47 bits per heavy atom. The lowest BCUT2D eigenvalue weighted by Crippen LogP contribution is -2.07. The van der Waals surface area contributed by atoms with Crippen LogP contribution in [0.3, 0.4) is 0 Å². The van der Waals surface area contributed by atoms with E-state index in [0.29, 0.717) is 0 Å². The van der Waals surface area contributed by atoms with Gasteiger partial charge in [0.25, 0.3) is 0 Å². The van der Waals surface area contributed by atoms with Crippen molar-refractivity contribution in [3.8, 4) is 0 Å². The van der Waals surface area contributed by atoms with Crippen molar-refractivity contribution >= 4 is 17.3 Å². The van der Waals surface area contributed by atoms with Crippen LogP contribution < -0.4 is 5.32 Å². The molecular formula is C12H18N4S. The first kappa shape index (κ1) is 12.1. The monoisotopic (exact) mass is 250 g/mol. The molecule has 5 heteroatoms. The summed E-state index contributed by atoms with van der Waals surface area (Å²) in [5.41, 5.74) is 1.08. The quantitative estimate of drug-likeness (QED) is 0.856. The van der Waals surface area contributed by atoms with Gasteiger partial charge in [0.1, 0.15) is 5.01 Å². The first-order valence-electron chi connectivity index (χ1n) is 5.95. The molecule has 0 saturated heterocycles. The molecule has 17 heavy (non-hydrogen) atoms. The Labute approximate surface area is 106 Å². The molecule has 2 heterocycles. The molecule has 0 aliphatic rings. The lowest BCUT2D eigenvalue weighted by Gasteiger charge is -2.07. The summed E-state index contributed by atoms with van der Waals surface area (Å²) in [6.07, 6.45) is 6.24. The van der Waals surface area contributed by atoms with Gasteiger partial charge in [-0.05, 0) is 13.3 Å². The molecule has 0 aliphatic carbocycles. The molecule has 0 radical (unpaired) electrons. The zero-order valence-corrected chi connectivity index (χ0v) is 11.1. The van der Waals surface area contributed by atoms with E-state index < -0.39 is 0 Å². The second-order valence-corrected chi connectivity index (χ2v) is 4.98. The maximum atomic E-state index is 4.42. The van der Waals surface area contributed by atoms with E-state index in [-0.39, 0.29) is 0 Å². The molecule has 92 valence electrons. The van der Waals surface area contributed by atoms with Gasteiger partial charge in [-0.15, -0.1) is 11.3 Å². The van der Waals surface area contributed by atoms with Crippen LogP contribution in [-0.4, -0.2) is 14.5 Å². The smallest absolute Gasteiger partial charge is 0.203 e. The minimum atomic E-state index is 0.752. The zero-order chi connectivity index (χ0) is 12.1. The van der Waals surface area contributed by atoms with Crippen molar-refractivity contribution in [1.29, 1.82) is 0 Å². The number of aryl methyl sites for hydroxylation is 2. The molecule has 0 saturated carbocycles. The number of hydrogen-bond donors (Lipinski definition) is 1. The minimum absolute atomic E-state index is 0.752. The molecule has 0 amide bonds. The Balaban J connectivity index is 1.92. The van der Waals surface area contributed by atoms with Crippen LogP contribution in [0, 0.1) is 6.92 Å². The standard InChI is InChI=1S/C12H18N4S/c1-3-4-6-16-7-5-13-12(16)14-8-11-15-10(2)9-17-11/h5,7,9H,3-4,6,8H2,1-2H3,(H,13,14). The number of rotatable bonds is 6. The third-order valence-electron chi connectivity index (χ3n) is 2.53. The summed E-state index contributed by atoms with van der Waals surface area (Å²) in [5.74, 6) is 0.936. The highest BCUT2D eigenvalue weighted by atomic mass is 32.1. The molecule has 2 rings (SSSR count). The molecule has 4 nitrogen and oxygen atoms in total. The Morgan fingerprint density at radius 2 is 2.35 bits per heavy atom. The van der Waals surface area contributed by atoms with Crippen molar-refractivity contribution in [2.75, 3.05) is 5.32 Å². The van der Waals surface area contributed by atoms with Crippen molar-refractivity contribution in [2.24, 2.45) is 0 Å². The van der Waals surface area contributed by atoms with Gasteiger partial charge in [0, 0.05) is 30.0 Å². The van der Waals surface area contributed by atoms with Crippen LogP contribution in [0.1, 0.15) is 30.5 Å². The summed E-state index contributed by atoms with van der Waals surface area (Å²) in [5, 5.41) is 6.51. The van der Waals surface area contributed by atoms with Gasteiger partial charge >= 0.3 is 0 Å². The Kier molecular flexibility index (Phi) is 4.14. The molecule has 2 aromatic rings. The van der Waals surface area contributed by atoms with E-state index >= 15 is 0 Å². The van der Waals surface area contributed by atoms with E-state index in [9.17, 15) is 0 Å². The van der Waals surface area contributed by atoms with E-state index in [1.165, 1.54) is 12.8 Å². The number of imidazole rings is 1. The third-order valence-corrected chi connectivity index (χ3v) is 3.50. The van der Waals surface area contributed by atoms with E-state index in [1.54, 1.807) is 11.3 Å². The predicted octanol–water partition coefficient (Wildman–Crippen LogP) is 3.06. The summed E-state index contributed by atoms with van der Waals surface area (Å²) >= 11 is 1.68. The average molecular weight is 250 g/mol. The van der Waals surface area contributed by atoms with E-state index in [2.05, 4.69) is 32.2 Å². The summed E-state index contributed by atoms with van der Waals surface area (Å²) in [4.78, 5) is 8.74. The molecule has 0 spiro atoms. The normalized spacial score (nSPS) is 10.7. The lowest BCUT2D eigenvalue weighted by atomic mass is 10.3. The third kappa shape index (κ3) is 3.30. The van der Waals surface area contributed by atoms with Gasteiger partial charge in [0.15, 0.2) is 0 Å². The van der Waals surface area contributed by atoms with E-state index in [4.69, 9.17) is 0 Å². The highest BCUT2D eigenvalue weighted by Crippen LogP contribution is 2.12. The van der Waals surface area contributed by atoms with E-state index in [1.807, 2.05) is 19.3 Å². The summed E-state index contributed by atoms with van der Waals surface area (Å²) in [6.45, 7) is 5.99. The fourth-order valence-corrected chi connectivity index (χ4v) is 2.34. The van der Waals surface area contributed by atoms with Gasteiger partial charge in [-0.25, -0.2) is 9.97 Å². The van der Waals surface area contributed by atoms with Crippen LogP contribution in [0.25, 0.3) is 0 Å². The van der Waals surface area contributed by atoms with Gasteiger partial charge in [0.2, 0.25) is 5.95 Å². The fourth-order valence-electron chi connectivity index (χ4n) is 1.62. The second-order valence-electron chi connectivity index (χ2n) is 4.03. The van der Waals surface area contributed by atoms with Crippen molar-refractivity contribution in [3.05, 3.63) is 28.5 Å². The first-order chi connectivity index (χ1) is 8.29. The largest absolute Gasteiger partial charge is 0.349 e. The molecule has 0 aliphatic heterocycles. The molecule has 0 aromatic carbocycles. The Hall–Kier alpha value is -1.36. The molecular weight excluding hydrogens is 232 g/mol. The number of anilines is 1. The molecule has 0 atom stereocenters. The van der Waals surface area contributed by atoms with Crippen LogP contribution >= 0.6 is 11.3 Å². The number of aromatic nitrogens is 3. The highest BCUT2D eigenvalue weighted by molar-refractivity contribution is 7.09. The molecule has 0 unspecified atom stereocenters. The minimum Gasteiger partial charge on any atom is -0.349 e. The maximum Gasteiger partial charge on any atom is 0.203 e. The maximum absolute atomic E-state index is 4.42. The predicted molar refractivity (Wildman–Crippen MR) is 71.3 cm³/mol. The fraction of sp³-hybridized carbons (Fsp3) is 0.500. The van der Waals surface area contributed by atoms with Crippen molar-refractivity contribution in [1.82, 2.24) is 14.5 Å². The van der Waals surface area contributed by atoms with Gasteiger partial charge in [0.05, 0.1) is 6.54 Å². The average Bonchev–Trinajstić information content (AvgIpc) is 2.92. The number of thiazole rings is 1. The molecule has 1 N–H and O–H groups in total. The van der Waals surface area contributed by atoms with Gasteiger partial charge in [-0.2, -0.15) is 0 Å². The summed E-state index contributed by atoms with van der Waals surface area (Å²) in [6, 6.07) is 0. The van der Waals surface area contributed by atoms with Gasteiger partial charge in [-0.1, -0.05) is 13.3 Å². The number of nitrogens with one attached hydrogen (secondary N) is 1. The van der Waals surface area contributed by atoms with Gasteiger partial charge in [-0.3, -0.25) is 0 Å². The first-order valence-corrected chi connectivity index (χ1v) is 6.83. The Morgan fingerprint density at radius 3 is 3.06 bits per heavy atom. The van der Waals surface area contributed by atoms with Gasteiger partial charge < -0.3 is 9.88 Å². The van der Waals surface area contributed by atoms with Crippen molar-refractivity contribution in [3.63, 3.8) is 0 Å². The number of hydrogen-bond acceptors (Lipinski definition) is 4. The van der Waals surface area contributed by atoms with Crippen LogP contribution in [0.5, 0.6) is 0 Å². The van der Waals surface area contributed by atoms with Crippen molar-refractivity contribution < 1.29 is 0 Å². The van der Waals surface area contributed by atoms with Crippen LogP contribution in [0.2, 0.25) is 0 Å². The zero-order valence-electron chi connectivity index (χ0n) is 10.3. The second kappa shape index (κ2) is 5.82. The molecule has 2 aromatic heterocycles. The lowest BCUT2D eigenvalue weighted by molar-refractivity contribution is 0.635. The highest BCUT2D eigenvalue weighted by Gasteiger charge is 2.03. The van der Waals surface area contributed by atoms with Crippen LogP contribution in [0.15, 0.2) is 17.8 Å². The SMILES string of the molecule is CCCCn1ccnc1NCc1nc(C)cs1. The van der Waals surface area contributed by atoms with Crippen LogP contribution in [-0.2, 0) is 13.1 Å². The number of nitrogens with zero attached hydrogens (tertiary/aromatic N) is 3.